The van der Waals surface area contributed by atoms with Crippen LogP contribution in [0.25, 0.3) is 28.3 Å². The molecule has 0 bridgehead atoms. The topological polar surface area (TPSA) is 38.7 Å². The molecular weight excluding hydrogens is 374 g/mol. The largest absolute Gasteiger partial charge is 0.208 e. The third-order valence-electron chi connectivity index (χ3n) is 4.01. The molecule has 0 saturated heterocycles. The minimum atomic E-state index is 0.375. The van der Waals surface area contributed by atoms with Crippen LogP contribution >= 0.6 is 15.9 Å². The summed E-state index contributed by atoms with van der Waals surface area (Å²) in [6.45, 7) is 0. The average Bonchev–Trinajstić information content (AvgIpc) is 2.69. The first-order valence-electron chi connectivity index (χ1n) is 8.19. The molecule has 0 saturated carbocycles. The molecule has 4 rings (SSSR count). The van der Waals surface area contributed by atoms with E-state index in [9.17, 15) is 0 Å². The molecule has 1 atom stereocenters. The number of allylic oxidation sites excluding steroid dienone is 4. The number of benzene rings is 2. The van der Waals surface area contributed by atoms with Crippen molar-refractivity contribution in [3.8, 4) is 22.8 Å². The quantitative estimate of drug-likeness (QED) is 0.569. The predicted octanol–water partition coefficient (Wildman–Crippen LogP) is 5.31. The smallest absolute Gasteiger partial charge is 0.164 e. The van der Waals surface area contributed by atoms with E-state index in [-0.39, 0.29) is 0 Å². The number of nitrogens with zero attached hydrogens (tertiary/aromatic N) is 3. The van der Waals surface area contributed by atoms with Crippen molar-refractivity contribution < 1.29 is 0 Å². The predicted molar refractivity (Wildman–Crippen MR) is 105 cm³/mol. The number of aromatic nitrogens is 3. The van der Waals surface area contributed by atoms with Crippen LogP contribution in [0.1, 0.15) is 12.2 Å². The number of hydrogen-bond acceptors (Lipinski definition) is 3. The maximum atomic E-state index is 4.72. The van der Waals surface area contributed by atoms with Crippen LogP contribution in [0.3, 0.4) is 0 Å². The van der Waals surface area contributed by atoms with Gasteiger partial charge in [-0.05, 0) is 6.42 Å². The summed E-state index contributed by atoms with van der Waals surface area (Å²) in [7, 11) is 0. The zero-order chi connectivity index (χ0) is 17.1. The highest BCUT2D eigenvalue weighted by Gasteiger charge is 2.14. The van der Waals surface area contributed by atoms with Gasteiger partial charge in [0.2, 0.25) is 0 Å². The van der Waals surface area contributed by atoms with E-state index in [2.05, 4.69) is 34.2 Å². The maximum Gasteiger partial charge on any atom is 0.164 e. The number of alkyl halides is 1. The van der Waals surface area contributed by atoms with Gasteiger partial charge in [-0.1, -0.05) is 94.8 Å². The molecule has 3 nitrogen and oxygen atoms in total. The van der Waals surface area contributed by atoms with E-state index in [0.717, 1.165) is 23.1 Å². The summed E-state index contributed by atoms with van der Waals surface area (Å²) in [5.74, 6) is 2.10. The van der Waals surface area contributed by atoms with Crippen molar-refractivity contribution >= 4 is 21.5 Å². The lowest BCUT2D eigenvalue weighted by molar-refractivity contribution is 1.02. The molecule has 0 aliphatic heterocycles. The molecule has 1 unspecified atom stereocenters. The van der Waals surface area contributed by atoms with Gasteiger partial charge in [0.1, 0.15) is 0 Å². The molecule has 3 aromatic rings. The monoisotopic (exact) mass is 389 g/mol. The summed E-state index contributed by atoms with van der Waals surface area (Å²) in [6.07, 6.45) is 7.29. The fourth-order valence-electron chi connectivity index (χ4n) is 2.70. The summed E-state index contributed by atoms with van der Waals surface area (Å²) < 4.78 is 0. The van der Waals surface area contributed by atoms with Crippen LogP contribution in [-0.2, 0) is 0 Å². The summed E-state index contributed by atoms with van der Waals surface area (Å²) in [6, 6.07) is 20.1. The van der Waals surface area contributed by atoms with Gasteiger partial charge in [-0.3, -0.25) is 0 Å². The second kappa shape index (κ2) is 7.11. The molecule has 1 heterocycles. The molecule has 0 amide bonds. The van der Waals surface area contributed by atoms with Gasteiger partial charge in [-0.25, -0.2) is 15.0 Å². The van der Waals surface area contributed by atoms with Crippen molar-refractivity contribution in [3.05, 3.63) is 84.7 Å². The molecule has 1 aromatic heterocycles. The first-order valence-corrected chi connectivity index (χ1v) is 9.11. The summed E-state index contributed by atoms with van der Waals surface area (Å²) in [5, 5.41) is 0. The van der Waals surface area contributed by atoms with Crippen LogP contribution in [-0.4, -0.2) is 19.8 Å². The van der Waals surface area contributed by atoms with E-state index in [1.807, 2.05) is 60.7 Å². The highest BCUT2D eigenvalue weighted by atomic mass is 79.9. The fourth-order valence-corrected chi connectivity index (χ4v) is 3.04. The van der Waals surface area contributed by atoms with Crippen molar-refractivity contribution in [1.82, 2.24) is 15.0 Å². The number of halogens is 1. The van der Waals surface area contributed by atoms with Crippen molar-refractivity contribution in [1.29, 1.82) is 0 Å². The summed E-state index contributed by atoms with van der Waals surface area (Å²) in [4.78, 5) is 14.5. The Balaban J connectivity index is 1.85. The van der Waals surface area contributed by atoms with E-state index in [1.54, 1.807) is 0 Å². The van der Waals surface area contributed by atoms with Crippen LogP contribution in [0.4, 0.5) is 0 Å². The van der Waals surface area contributed by atoms with E-state index < -0.39 is 0 Å². The van der Waals surface area contributed by atoms with Crippen LogP contribution in [0, 0.1) is 0 Å². The zero-order valence-corrected chi connectivity index (χ0v) is 15.1. The minimum Gasteiger partial charge on any atom is -0.208 e. The molecule has 0 N–H and O–H groups in total. The van der Waals surface area contributed by atoms with Crippen LogP contribution in [0.15, 0.2) is 78.9 Å². The highest BCUT2D eigenvalue weighted by Crippen LogP contribution is 2.26. The Morgan fingerprint density at radius 2 is 1.24 bits per heavy atom. The van der Waals surface area contributed by atoms with Gasteiger partial charge in [0, 0.05) is 21.5 Å². The molecule has 4 heteroatoms. The minimum absolute atomic E-state index is 0.375. The third kappa shape index (κ3) is 3.59. The lowest BCUT2D eigenvalue weighted by Crippen LogP contribution is -2.04. The second-order valence-corrected chi connectivity index (χ2v) is 6.98. The molecule has 0 spiro atoms. The van der Waals surface area contributed by atoms with Crippen molar-refractivity contribution in [3.63, 3.8) is 0 Å². The molecule has 25 heavy (non-hydrogen) atoms. The zero-order valence-electron chi connectivity index (χ0n) is 13.5. The molecule has 2 aromatic carbocycles. The Morgan fingerprint density at radius 3 is 1.72 bits per heavy atom. The third-order valence-corrected chi connectivity index (χ3v) is 4.68. The maximum absolute atomic E-state index is 4.72. The molecule has 122 valence electrons. The highest BCUT2D eigenvalue weighted by molar-refractivity contribution is 9.09. The number of rotatable bonds is 3. The van der Waals surface area contributed by atoms with Gasteiger partial charge in [0.15, 0.2) is 17.5 Å². The molecule has 1 aliphatic carbocycles. The Kier molecular flexibility index (Phi) is 4.53. The lowest BCUT2D eigenvalue weighted by atomic mass is 10.1. The van der Waals surface area contributed by atoms with Gasteiger partial charge >= 0.3 is 0 Å². The van der Waals surface area contributed by atoms with Gasteiger partial charge in [0.25, 0.3) is 0 Å². The van der Waals surface area contributed by atoms with Gasteiger partial charge in [0.05, 0.1) is 0 Å². The van der Waals surface area contributed by atoms with Gasteiger partial charge in [-0.2, -0.15) is 0 Å². The van der Waals surface area contributed by atoms with E-state index >= 15 is 0 Å². The number of hydrogen-bond donors (Lipinski definition) is 0. The van der Waals surface area contributed by atoms with Crippen molar-refractivity contribution in [2.24, 2.45) is 0 Å². The normalized spacial score (nSPS) is 16.5. The molecule has 0 radical (unpaired) electrons. The molecule has 0 fully saturated rings. The Morgan fingerprint density at radius 1 is 0.720 bits per heavy atom. The van der Waals surface area contributed by atoms with Crippen LogP contribution in [0.2, 0.25) is 0 Å². The summed E-state index contributed by atoms with van der Waals surface area (Å²) in [5.41, 5.74) is 3.01. The second-order valence-electron chi connectivity index (χ2n) is 5.81. The van der Waals surface area contributed by atoms with Crippen LogP contribution in [0.5, 0.6) is 0 Å². The lowest BCUT2D eigenvalue weighted by Gasteiger charge is -2.12. The van der Waals surface area contributed by atoms with Crippen LogP contribution < -0.4 is 0 Å². The summed E-state index contributed by atoms with van der Waals surface area (Å²) >= 11 is 3.61. The SMILES string of the molecule is BrC1C=CC(c2nc(-c3ccccc3)nc(-c3ccccc3)n2)=CC1. The van der Waals surface area contributed by atoms with E-state index in [0.29, 0.717) is 22.3 Å². The standard InChI is InChI=1S/C21H16BrN3/c22-18-13-11-17(12-14-18)21-24-19(15-7-3-1-4-8-15)23-20(25-21)16-9-5-2-6-10-16/h1-13,18H,14H2. The van der Waals surface area contributed by atoms with Crippen molar-refractivity contribution in [2.45, 2.75) is 11.2 Å². The first kappa shape index (κ1) is 15.9. The fraction of sp³-hybridized carbons (Fsp3) is 0.0952. The average molecular weight is 390 g/mol. The molecule has 1 aliphatic rings. The van der Waals surface area contributed by atoms with Gasteiger partial charge in [-0.15, -0.1) is 0 Å². The molecular formula is C21H16BrN3. The first-order chi connectivity index (χ1) is 12.3. The van der Waals surface area contributed by atoms with E-state index in [1.165, 1.54) is 0 Å². The van der Waals surface area contributed by atoms with E-state index in [4.69, 9.17) is 15.0 Å². The Hall–Kier alpha value is -2.59. The Bertz CT molecular complexity index is 876. The van der Waals surface area contributed by atoms with Crippen molar-refractivity contribution in [2.75, 3.05) is 0 Å². The van der Waals surface area contributed by atoms with Gasteiger partial charge < -0.3 is 0 Å². The Labute approximate surface area is 155 Å².